The quantitative estimate of drug-likeness (QED) is 0.601. The van der Waals surface area contributed by atoms with Crippen molar-refractivity contribution < 1.29 is 0 Å². The third kappa shape index (κ3) is 4.79. The second kappa shape index (κ2) is 8.59. The van der Waals surface area contributed by atoms with Crippen LogP contribution in [-0.4, -0.2) is 0 Å². The SMILES string of the molecule is C=C1CCc2ccc(CNC(=C)/C(C)=C/C(=C\C)c3ccccc3)cc2N1. The van der Waals surface area contributed by atoms with E-state index < -0.39 is 0 Å². The van der Waals surface area contributed by atoms with Crippen LogP contribution in [0.25, 0.3) is 5.57 Å². The molecule has 27 heavy (non-hydrogen) atoms. The number of benzene rings is 2. The zero-order chi connectivity index (χ0) is 19.2. The van der Waals surface area contributed by atoms with E-state index in [-0.39, 0.29) is 0 Å². The van der Waals surface area contributed by atoms with E-state index in [2.05, 4.69) is 92.3 Å². The summed E-state index contributed by atoms with van der Waals surface area (Å²) in [5.41, 5.74) is 9.37. The predicted octanol–water partition coefficient (Wildman–Crippen LogP) is 6.21. The van der Waals surface area contributed by atoms with E-state index in [1.807, 2.05) is 6.07 Å². The van der Waals surface area contributed by atoms with E-state index in [9.17, 15) is 0 Å². The molecule has 0 aliphatic carbocycles. The number of hydrogen-bond donors (Lipinski definition) is 2. The smallest absolute Gasteiger partial charge is 0.0417 e. The monoisotopic (exact) mass is 356 g/mol. The Bertz CT molecular complexity index is 901. The second-order valence-electron chi connectivity index (χ2n) is 6.99. The first-order valence-electron chi connectivity index (χ1n) is 9.46. The maximum absolute atomic E-state index is 4.21. The zero-order valence-corrected chi connectivity index (χ0v) is 16.3. The first kappa shape index (κ1) is 18.8. The molecule has 2 aromatic rings. The summed E-state index contributed by atoms with van der Waals surface area (Å²) in [6, 6.07) is 17.0. The van der Waals surface area contributed by atoms with Gasteiger partial charge in [-0.3, -0.25) is 0 Å². The molecular formula is C25H28N2. The first-order valence-corrected chi connectivity index (χ1v) is 9.46. The number of anilines is 1. The zero-order valence-electron chi connectivity index (χ0n) is 16.3. The molecule has 0 fully saturated rings. The molecule has 0 bridgehead atoms. The molecule has 0 saturated carbocycles. The molecular weight excluding hydrogens is 328 g/mol. The lowest BCUT2D eigenvalue weighted by Gasteiger charge is -2.21. The van der Waals surface area contributed by atoms with Crippen molar-refractivity contribution in [3.8, 4) is 0 Å². The van der Waals surface area contributed by atoms with E-state index >= 15 is 0 Å². The number of hydrogen-bond acceptors (Lipinski definition) is 2. The van der Waals surface area contributed by atoms with Crippen molar-refractivity contribution in [2.45, 2.75) is 33.2 Å². The highest BCUT2D eigenvalue weighted by Gasteiger charge is 2.11. The van der Waals surface area contributed by atoms with Crippen LogP contribution in [0.2, 0.25) is 0 Å². The van der Waals surface area contributed by atoms with Gasteiger partial charge in [-0.1, -0.05) is 61.7 Å². The maximum atomic E-state index is 4.21. The summed E-state index contributed by atoms with van der Waals surface area (Å²) in [4.78, 5) is 0. The molecule has 1 aliphatic heterocycles. The van der Waals surface area contributed by atoms with Crippen LogP contribution in [0.4, 0.5) is 5.69 Å². The van der Waals surface area contributed by atoms with Gasteiger partial charge < -0.3 is 10.6 Å². The van der Waals surface area contributed by atoms with Gasteiger partial charge in [0, 0.05) is 23.6 Å². The molecule has 2 N–H and O–H groups in total. The van der Waals surface area contributed by atoms with Gasteiger partial charge in [0.05, 0.1) is 0 Å². The van der Waals surface area contributed by atoms with Crippen LogP contribution in [0.3, 0.4) is 0 Å². The summed E-state index contributed by atoms with van der Waals surface area (Å²) >= 11 is 0. The summed E-state index contributed by atoms with van der Waals surface area (Å²) in [5.74, 6) is 0. The topological polar surface area (TPSA) is 24.1 Å². The fourth-order valence-electron chi connectivity index (χ4n) is 3.24. The van der Waals surface area contributed by atoms with Crippen LogP contribution in [0.1, 0.15) is 37.0 Å². The van der Waals surface area contributed by atoms with Crippen LogP contribution >= 0.6 is 0 Å². The Morgan fingerprint density at radius 2 is 1.93 bits per heavy atom. The van der Waals surface area contributed by atoms with E-state index in [0.717, 1.165) is 36.4 Å². The van der Waals surface area contributed by atoms with Crippen LogP contribution in [-0.2, 0) is 13.0 Å². The van der Waals surface area contributed by atoms with Crippen molar-refractivity contribution in [1.82, 2.24) is 5.32 Å². The average Bonchev–Trinajstić information content (AvgIpc) is 2.70. The molecule has 138 valence electrons. The molecule has 0 unspecified atom stereocenters. The molecule has 1 heterocycles. The summed E-state index contributed by atoms with van der Waals surface area (Å²) in [6.07, 6.45) is 6.40. The van der Waals surface area contributed by atoms with Crippen LogP contribution in [0.15, 0.2) is 90.8 Å². The van der Waals surface area contributed by atoms with E-state index in [0.29, 0.717) is 0 Å². The maximum Gasteiger partial charge on any atom is 0.0417 e. The minimum atomic E-state index is 0.752. The van der Waals surface area contributed by atoms with Gasteiger partial charge >= 0.3 is 0 Å². The highest BCUT2D eigenvalue weighted by molar-refractivity contribution is 5.75. The number of nitrogens with one attached hydrogen (secondary N) is 2. The van der Waals surface area contributed by atoms with Crippen molar-refractivity contribution in [2.75, 3.05) is 5.32 Å². The number of allylic oxidation sites excluding steroid dienone is 5. The molecule has 0 atom stereocenters. The molecule has 2 nitrogen and oxygen atoms in total. The summed E-state index contributed by atoms with van der Waals surface area (Å²) in [6.45, 7) is 13.2. The van der Waals surface area contributed by atoms with Gasteiger partial charge in [0.25, 0.3) is 0 Å². The molecule has 0 amide bonds. The minimum Gasteiger partial charge on any atom is -0.381 e. The van der Waals surface area contributed by atoms with Gasteiger partial charge in [0.15, 0.2) is 0 Å². The average molecular weight is 357 g/mol. The van der Waals surface area contributed by atoms with Crippen molar-refractivity contribution in [3.05, 3.63) is 107 Å². The lowest BCUT2D eigenvalue weighted by Crippen LogP contribution is -2.14. The molecule has 0 aromatic heterocycles. The molecule has 0 spiro atoms. The molecule has 2 heteroatoms. The van der Waals surface area contributed by atoms with Crippen molar-refractivity contribution in [3.63, 3.8) is 0 Å². The fourth-order valence-corrected chi connectivity index (χ4v) is 3.24. The van der Waals surface area contributed by atoms with Gasteiger partial charge in [-0.2, -0.15) is 0 Å². The standard InChI is InChI=1S/C25H28N2/c1-5-22(23-9-7-6-8-10-23)15-18(2)20(4)26-17-21-12-14-24-13-11-19(3)27-25(24)16-21/h5-10,12,14-16,26-27H,3-4,11,13,17H2,1-2H3/b18-15+,22-5+. The summed E-state index contributed by atoms with van der Waals surface area (Å²) in [5, 5.41) is 6.86. The minimum absolute atomic E-state index is 0.752. The number of fused-ring (bicyclic) bond motifs is 1. The largest absolute Gasteiger partial charge is 0.381 e. The highest BCUT2D eigenvalue weighted by Crippen LogP contribution is 2.27. The van der Waals surface area contributed by atoms with Crippen LogP contribution in [0, 0.1) is 0 Å². The first-order chi connectivity index (χ1) is 13.1. The van der Waals surface area contributed by atoms with Crippen LogP contribution < -0.4 is 10.6 Å². The van der Waals surface area contributed by atoms with Gasteiger partial charge in [-0.05, 0) is 66.7 Å². The van der Waals surface area contributed by atoms with Crippen molar-refractivity contribution in [1.29, 1.82) is 0 Å². The second-order valence-corrected chi connectivity index (χ2v) is 6.99. The third-order valence-electron chi connectivity index (χ3n) is 4.95. The normalized spacial score (nSPS) is 14.4. The molecule has 2 aromatic carbocycles. The Kier molecular flexibility index (Phi) is 5.97. The number of rotatable bonds is 6. The predicted molar refractivity (Wildman–Crippen MR) is 117 cm³/mol. The van der Waals surface area contributed by atoms with Gasteiger partial charge in [0.1, 0.15) is 0 Å². The van der Waals surface area contributed by atoms with Crippen LogP contribution in [0.5, 0.6) is 0 Å². The van der Waals surface area contributed by atoms with E-state index in [4.69, 9.17) is 0 Å². The van der Waals surface area contributed by atoms with Gasteiger partial charge in [-0.25, -0.2) is 0 Å². The number of aryl methyl sites for hydroxylation is 1. The van der Waals surface area contributed by atoms with E-state index in [1.165, 1.54) is 28.0 Å². The van der Waals surface area contributed by atoms with E-state index in [1.54, 1.807) is 0 Å². The fraction of sp³-hybridized carbons (Fsp3) is 0.200. The Morgan fingerprint density at radius 1 is 1.15 bits per heavy atom. The third-order valence-corrected chi connectivity index (χ3v) is 4.95. The Balaban J connectivity index is 1.65. The lowest BCUT2D eigenvalue weighted by atomic mass is 9.99. The summed E-state index contributed by atoms with van der Waals surface area (Å²) < 4.78 is 0. The van der Waals surface area contributed by atoms with Gasteiger partial charge in [-0.15, -0.1) is 0 Å². The molecule has 0 radical (unpaired) electrons. The molecule has 1 aliphatic rings. The van der Waals surface area contributed by atoms with Crippen molar-refractivity contribution >= 4 is 11.3 Å². The highest BCUT2D eigenvalue weighted by atomic mass is 14.9. The van der Waals surface area contributed by atoms with Gasteiger partial charge in [0.2, 0.25) is 0 Å². The lowest BCUT2D eigenvalue weighted by molar-refractivity contribution is 0.820. The van der Waals surface area contributed by atoms with Crippen molar-refractivity contribution in [2.24, 2.45) is 0 Å². The Morgan fingerprint density at radius 3 is 2.67 bits per heavy atom. The Hall–Kier alpha value is -3.00. The summed E-state index contributed by atoms with van der Waals surface area (Å²) in [7, 11) is 0. The molecule has 3 rings (SSSR count). The molecule has 0 saturated heterocycles. The Labute approximate surface area is 163 Å².